The van der Waals surface area contributed by atoms with Crippen LogP contribution >= 0.6 is 23.2 Å². The molecule has 0 bridgehead atoms. The molecular weight excluding hydrogens is 323 g/mol. The first-order chi connectivity index (χ1) is 10.5. The third-order valence-corrected chi connectivity index (χ3v) is 4.90. The average molecular weight is 345 g/mol. The summed E-state index contributed by atoms with van der Waals surface area (Å²) in [6, 6.07) is 3.59. The van der Waals surface area contributed by atoms with Gasteiger partial charge in [0, 0.05) is 36.6 Å². The van der Waals surface area contributed by atoms with Gasteiger partial charge in [0.05, 0.1) is 5.02 Å². The Kier molecular flexibility index (Phi) is 6.36. The summed E-state index contributed by atoms with van der Waals surface area (Å²) in [5.74, 6) is 0.0642. The molecule has 1 aliphatic rings. The topological polar surface area (TPSA) is 52.6 Å². The Labute approximate surface area is 141 Å². The van der Waals surface area contributed by atoms with Crippen LogP contribution in [0.15, 0.2) is 12.1 Å². The number of benzene rings is 1. The molecule has 1 atom stereocenters. The highest BCUT2D eigenvalue weighted by Crippen LogP contribution is 2.34. The molecule has 4 nitrogen and oxygen atoms in total. The molecule has 0 spiro atoms. The second-order valence-corrected chi connectivity index (χ2v) is 6.54. The first-order valence-electron chi connectivity index (χ1n) is 7.63. The zero-order valence-electron chi connectivity index (χ0n) is 12.7. The van der Waals surface area contributed by atoms with E-state index in [9.17, 15) is 9.90 Å². The molecule has 6 heteroatoms. The van der Waals surface area contributed by atoms with E-state index in [1.54, 1.807) is 6.07 Å². The third kappa shape index (κ3) is 4.51. The van der Waals surface area contributed by atoms with Gasteiger partial charge in [0.15, 0.2) is 0 Å². The molecule has 22 heavy (non-hydrogen) atoms. The molecule has 0 unspecified atom stereocenters. The van der Waals surface area contributed by atoms with Gasteiger partial charge in [-0.15, -0.1) is 0 Å². The average Bonchev–Trinajstić information content (AvgIpc) is 2.49. The fourth-order valence-electron chi connectivity index (χ4n) is 2.94. The summed E-state index contributed by atoms with van der Waals surface area (Å²) in [6.45, 7) is 3.81. The van der Waals surface area contributed by atoms with Gasteiger partial charge in [-0.05, 0) is 37.9 Å². The lowest BCUT2D eigenvalue weighted by molar-refractivity contribution is -0.119. The van der Waals surface area contributed by atoms with Gasteiger partial charge in [0.1, 0.15) is 5.75 Å². The van der Waals surface area contributed by atoms with E-state index in [0.717, 1.165) is 31.4 Å². The maximum atomic E-state index is 11.0. The van der Waals surface area contributed by atoms with E-state index in [4.69, 9.17) is 23.2 Å². The lowest BCUT2D eigenvalue weighted by Gasteiger charge is -2.36. The Morgan fingerprint density at radius 3 is 2.91 bits per heavy atom. The van der Waals surface area contributed by atoms with Crippen molar-refractivity contribution in [2.75, 3.05) is 13.1 Å². The van der Waals surface area contributed by atoms with Crippen LogP contribution in [0.2, 0.25) is 10.0 Å². The molecule has 1 fully saturated rings. The monoisotopic (exact) mass is 344 g/mol. The third-order valence-electron chi connectivity index (χ3n) is 4.13. The van der Waals surface area contributed by atoms with Crippen LogP contribution in [0.1, 0.15) is 38.2 Å². The number of hydrogen-bond acceptors (Lipinski definition) is 3. The van der Waals surface area contributed by atoms with Gasteiger partial charge >= 0.3 is 0 Å². The number of phenols is 1. The van der Waals surface area contributed by atoms with Gasteiger partial charge < -0.3 is 10.4 Å². The maximum absolute atomic E-state index is 11.0. The minimum absolute atomic E-state index is 0.00132. The number of halogens is 2. The van der Waals surface area contributed by atoms with E-state index in [-0.39, 0.29) is 11.7 Å². The molecule has 1 aliphatic heterocycles. The summed E-state index contributed by atoms with van der Waals surface area (Å²) in [4.78, 5) is 13.3. The van der Waals surface area contributed by atoms with Gasteiger partial charge in [-0.1, -0.05) is 29.6 Å². The van der Waals surface area contributed by atoms with Crippen molar-refractivity contribution in [1.82, 2.24) is 10.2 Å². The maximum Gasteiger partial charge on any atom is 0.216 e. The predicted octanol–water partition coefficient (Wildman–Crippen LogP) is 3.58. The first kappa shape index (κ1) is 17.4. The zero-order valence-corrected chi connectivity index (χ0v) is 14.3. The minimum Gasteiger partial charge on any atom is -0.506 e. The number of likely N-dealkylation sites (tertiary alicyclic amines) is 1. The molecule has 1 amide bonds. The molecule has 122 valence electrons. The second kappa shape index (κ2) is 8.04. The number of amides is 1. The number of rotatable bonds is 5. The van der Waals surface area contributed by atoms with Crippen LogP contribution in [-0.4, -0.2) is 35.0 Å². The van der Waals surface area contributed by atoms with Crippen LogP contribution in [0.5, 0.6) is 5.75 Å². The molecule has 1 saturated heterocycles. The fourth-order valence-corrected chi connectivity index (χ4v) is 3.43. The van der Waals surface area contributed by atoms with Crippen molar-refractivity contribution in [3.05, 3.63) is 27.7 Å². The number of piperidine rings is 1. The van der Waals surface area contributed by atoms with Gasteiger partial charge in [-0.2, -0.15) is 0 Å². The number of aromatic hydroxyl groups is 1. The summed E-state index contributed by atoms with van der Waals surface area (Å²) in [6.07, 6.45) is 4.36. The van der Waals surface area contributed by atoms with E-state index < -0.39 is 0 Å². The van der Waals surface area contributed by atoms with Crippen LogP contribution in [0, 0.1) is 0 Å². The summed E-state index contributed by atoms with van der Waals surface area (Å²) in [5, 5.41) is 13.5. The fraction of sp³-hybridized carbons (Fsp3) is 0.562. The Morgan fingerprint density at radius 2 is 2.18 bits per heavy atom. The van der Waals surface area contributed by atoms with E-state index in [1.807, 2.05) is 0 Å². The van der Waals surface area contributed by atoms with Crippen LogP contribution in [-0.2, 0) is 11.3 Å². The molecule has 1 aromatic rings. The molecule has 0 aromatic heterocycles. The van der Waals surface area contributed by atoms with Gasteiger partial charge in [-0.25, -0.2) is 0 Å². The Balaban J connectivity index is 2.05. The first-order valence-corrected chi connectivity index (χ1v) is 8.39. The van der Waals surface area contributed by atoms with E-state index >= 15 is 0 Å². The van der Waals surface area contributed by atoms with Gasteiger partial charge in [0.2, 0.25) is 5.91 Å². The number of phenolic OH excluding ortho intramolecular Hbond substituents is 1. The van der Waals surface area contributed by atoms with Crippen LogP contribution in [0.25, 0.3) is 0 Å². The summed E-state index contributed by atoms with van der Waals surface area (Å²) in [5.41, 5.74) is 0.773. The van der Waals surface area contributed by atoms with Gasteiger partial charge in [-0.3, -0.25) is 9.69 Å². The zero-order chi connectivity index (χ0) is 16.1. The molecular formula is C16H22Cl2N2O2. The highest BCUT2D eigenvalue weighted by atomic mass is 35.5. The standard InChI is InChI=1S/C16H22Cl2N2O2/c1-11(21)19-8-7-12-4-2-3-9-20(12)10-13-14(17)5-6-15(22)16(13)18/h5-6,12,22H,2-4,7-10H2,1H3,(H,19,21)/t12-/m1/s1. The highest BCUT2D eigenvalue weighted by molar-refractivity contribution is 6.36. The second-order valence-electron chi connectivity index (χ2n) is 5.75. The lowest BCUT2D eigenvalue weighted by Crippen LogP contribution is -2.41. The largest absolute Gasteiger partial charge is 0.506 e. The minimum atomic E-state index is 0.00132. The van der Waals surface area contributed by atoms with Crippen molar-refractivity contribution in [2.45, 2.75) is 45.2 Å². The number of hydrogen-bond donors (Lipinski definition) is 2. The Hall–Kier alpha value is -0.970. The number of carbonyl (C=O) groups is 1. The van der Waals surface area contributed by atoms with Crippen molar-refractivity contribution < 1.29 is 9.90 Å². The van der Waals surface area contributed by atoms with Crippen LogP contribution in [0.4, 0.5) is 0 Å². The van der Waals surface area contributed by atoms with Crippen molar-refractivity contribution in [3.63, 3.8) is 0 Å². The Bertz CT molecular complexity index is 537. The van der Waals surface area contributed by atoms with Crippen molar-refractivity contribution >= 4 is 29.1 Å². The highest BCUT2D eigenvalue weighted by Gasteiger charge is 2.24. The number of nitrogens with one attached hydrogen (secondary N) is 1. The summed E-state index contributed by atoms with van der Waals surface area (Å²) in [7, 11) is 0. The predicted molar refractivity (Wildman–Crippen MR) is 89.5 cm³/mol. The number of nitrogens with zero attached hydrogens (tertiary/aromatic N) is 1. The van der Waals surface area contributed by atoms with Crippen LogP contribution in [0.3, 0.4) is 0 Å². The quantitative estimate of drug-likeness (QED) is 0.858. The molecule has 1 aromatic carbocycles. The molecule has 0 aliphatic carbocycles. The lowest BCUT2D eigenvalue weighted by atomic mass is 9.98. The molecule has 0 saturated carbocycles. The van der Waals surface area contributed by atoms with Crippen LogP contribution < -0.4 is 5.32 Å². The van der Waals surface area contributed by atoms with Crippen molar-refractivity contribution in [3.8, 4) is 5.75 Å². The van der Waals surface area contributed by atoms with E-state index in [0.29, 0.717) is 29.2 Å². The number of carbonyl (C=O) groups excluding carboxylic acids is 1. The van der Waals surface area contributed by atoms with Gasteiger partial charge in [0.25, 0.3) is 0 Å². The van der Waals surface area contributed by atoms with E-state index in [1.165, 1.54) is 19.4 Å². The molecule has 2 rings (SSSR count). The molecule has 2 N–H and O–H groups in total. The van der Waals surface area contributed by atoms with E-state index in [2.05, 4.69) is 10.2 Å². The summed E-state index contributed by atoms with van der Waals surface area (Å²) >= 11 is 12.4. The smallest absolute Gasteiger partial charge is 0.216 e. The Morgan fingerprint density at radius 1 is 1.41 bits per heavy atom. The normalized spacial score (nSPS) is 19.1. The SMILES string of the molecule is CC(=O)NCC[C@H]1CCCCN1Cc1c(Cl)ccc(O)c1Cl. The molecule has 1 heterocycles. The molecule has 0 radical (unpaired) electrons. The van der Waals surface area contributed by atoms with Crippen molar-refractivity contribution in [1.29, 1.82) is 0 Å². The van der Waals surface area contributed by atoms with Crippen molar-refractivity contribution in [2.24, 2.45) is 0 Å². The summed E-state index contributed by atoms with van der Waals surface area (Å²) < 4.78 is 0.